The molecule has 4 aliphatic carbocycles. The van der Waals surface area contributed by atoms with E-state index in [1.807, 2.05) is 0 Å². The van der Waals surface area contributed by atoms with Crippen LogP contribution in [0.4, 0.5) is 0 Å². The Morgan fingerprint density at radius 1 is 1.05 bits per heavy atom. The maximum absolute atomic E-state index is 12.5. The van der Waals surface area contributed by atoms with Crippen LogP contribution in [0.15, 0.2) is 0 Å². The van der Waals surface area contributed by atoms with Gasteiger partial charge in [-0.1, -0.05) is 20.8 Å². The molecule has 0 radical (unpaired) electrons. The van der Waals surface area contributed by atoms with Gasteiger partial charge in [0, 0.05) is 18.4 Å². The van der Waals surface area contributed by atoms with Crippen molar-refractivity contribution in [2.45, 2.75) is 72.1 Å². The largest absolute Gasteiger partial charge is 0.396 e. The number of fused-ring (bicyclic) bond motifs is 3. The highest BCUT2D eigenvalue weighted by Crippen LogP contribution is 2.71. The SMILES string of the molecule is CC1(C)C(=O)CC[C@]2(C)[C@@H]1CC[C@@]13CC(CC[C@H]12)[C@@H](CO)C3. The number of Topliss-reactive ketones (excluding diaryl/α,β-unsaturated/α-hetero) is 1. The highest BCUT2D eigenvalue weighted by atomic mass is 16.3. The molecule has 22 heavy (non-hydrogen) atoms. The number of hydrogen-bond acceptors (Lipinski definition) is 2. The Hall–Kier alpha value is -0.370. The van der Waals surface area contributed by atoms with E-state index in [1.165, 1.54) is 38.5 Å². The third-order valence-corrected chi connectivity index (χ3v) is 8.81. The Labute approximate surface area is 135 Å². The number of carbonyl (C=O) groups is 1. The van der Waals surface area contributed by atoms with Gasteiger partial charge in [-0.25, -0.2) is 0 Å². The van der Waals surface area contributed by atoms with Crippen molar-refractivity contribution in [2.24, 2.45) is 39.9 Å². The molecule has 1 spiro atoms. The van der Waals surface area contributed by atoms with E-state index in [-0.39, 0.29) is 5.41 Å². The predicted molar refractivity (Wildman–Crippen MR) is 87.3 cm³/mol. The lowest BCUT2D eigenvalue weighted by Gasteiger charge is -2.63. The topological polar surface area (TPSA) is 37.3 Å². The number of aliphatic hydroxyl groups excluding tert-OH is 1. The van der Waals surface area contributed by atoms with Gasteiger partial charge in [0.25, 0.3) is 0 Å². The van der Waals surface area contributed by atoms with Gasteiger partial charge in [0.15, 0.2) is 0 Å². The predicted octanol–water partition coefficient (Wildman–Crippen LogP) is 4.21. The first-order chi connectivity index (χ1) is 10.3. The van der Waals surface area contributed by atoms with Gasteiger partial charge < -0.3 is 5.11 Å². The Morgan fingerprint density at radius 3 is 2.55 bits per heavy atom. The van der Waals surface area contributed by atoms with Crippen LogP contribution in [-0.4, -0.2) is 17.5 Å². The van der Waals surface area contributed by atoms with Crippen molar-refractivity contribution < 1.29 is 9.90 Å². The normalized spacial score (nSPS) is 53.0. The molecule has 4 fully saturated rings. The molecule has 1 N–H and O–H groups in total. The van der Waals surface area contributed by atoms with E-state index in [2.05, 4.69) is 20.8 Å². The molecule has 2 nitrogen and oxygen atoms in total. The van der Waals surface area contributed by atoms with Crippen LogP contribution >= 0.6 is 0 Å². The van der Waals surface area contributed by atoms with Crippen molar-refractivity contribution in [1.29, 1.82) is 0 Å². The molecule has 4 aliphatic rings. The van der Waals surface area contributed by atoms with Crippen LogP contribution in [0.25, 0.3) is 0 Å². The van der Waals surface area contributed by atoms with Crippen molar-refractivity contribution in [3.63, 3.8) is 0 Å². The van der Waals surface area contributed by atoms with Crippen LogP contribution < -0.4 is 0 Å². The van der Waals surface area contributed by atoms with E-state index in [9.17, 15) is 9.90 Å². The molecule has 0 amide bonds. The molecule has 0 saturated heterocycles. The summed E-state index contributed by atoms with van der Waals surface area (Å²) in [5, 5.41) is 9.77. The summed E-state index contributed by atoms with van der Waals surface area (Å²) in [6.45, 7) is 7.34. The summed E-state index contributed by atoms with van der Waals surface area (Å²) >= 11 is 0. The lowest BCUT2D eigenvalue weighted by atomic mass is 9.41. The molecule has 1 unspecified atom stereocenters. The highest BCUT2D eigenvalue weighted by Gasteiger charge is 2.65. The van der Waals surface area contributed by atoms with Crippen LogP contribution in [0.2, 0.25) is 0 Å². The zero-order chi connectivity index (χ0) is 15.8. The Balaban J connectivity index is 1.71. The van der Waals surface area contributed by atoms with Crippen molar-refractivity contribution in [3.8, 4) is 0 Å². The Kier molecular flexibility index (Phi) is 3.16. The molecule has 0 aromatic heterocycles. The zero-order valence-electron chi connectivity index (χ0n) is 14.5. The molecule has 0 heterocycles. The quantitative estimate of drug-likeness (QED) is 0.788. The average Bonchev–Trinajstić information content (AvgIpc) is 2.74. The highest BCUT2D eigenvalue weighted by molar-refractivity contribution is 5.85. The first kappa shape index (κ1) is 15.2. The number of aliphatic hydroxyl groups is 1. The second kappa shape index (κ2) is 4.59. The second-order valence-corrected chi connectivity index (χ2v) is 9.85. The maximum Gasteiger partial charge on any atom is 0.138 e. The van der Waals surface area contributed by atoms with Crippen LogP contribution in [0.3, 0.4) is 0 Å². The molecule has 4 rings (SSSR count). The molecule has 2 heteroatoms. The summed E-state index contributed by atoms with van der Waals surface area (Å²) in [5.74, 6) is 3.20. The fraction of sp³-hybridized carbons (Fsp3) is 0.950. The van der Waals surface area contributed by atoms with Gasteiger partial charge in [-0.3, -0.25) is 4.79 Å². The van der Waals surface area contributed by atoms with Crippen molar-refractivity contribution in [3.05, 3.63) is 0 Å². The minimum atomic E-state index is -0.125. The molecule has 6 atom stereocenters. The minimum Gasteiger partial charge on any atom is -0.396 e. The molecular weight excluding hydrogens is 272 g/mol. The Morgan fingerprint density at radius 2 is 1.82 bits per heavy atom. The average molecular weight is 304 g/mol. The van der Waals surface area contributed by atoms with Crippen molar-refractivity contribution in [2.75, 3.05) is 6.61 Å². The fourth-order valence-electron chi connectivity index (χ4n) is 7.83. The molecule has 4 saturated carbocycles. The zero-order valence-corrected chi connectivity index (χ0v) is 14.5. The smallest absolute Gasteiger partial charge is 0.138 e. The van der Waals surface area contributed by atoms with Crippen LogP contribution in [0.1, 0.15) is 72.1 Å². The van der Waals surface area contributed by atoms with Gasteiger partial charge in [0.1, 0.15) is 5.78 Å². The number of ketones is 1. The van der Waals surface area contributed by atoms with Crippen LogP contribution in [0, 0.1) is 39.9 Å². The van der Waals surface area contributed by atoms with E-state index in [4.69, 9.17) is 0 Å². The molecular formula is C20H32O2. The monoisotopic (exact) mass is 304 g/mol. The molecule has 0 aromatic rings. The third-order valence-electron chi connectivity index (χ3n) is 8.81. The van der Waals surface area contributed by atoms with Gasteiger partial charge in [0.05, 0.1) is 0 Å². The molecule has 2 bridgehead atoms. The lowest BCUT2D eigenvalue weighted by molar-refractivity contribution is -0.165. The van der Waals surface area contributed by atoms with Gasteiger partial charge >= 0.3 is 0 Å². The van der Waals surface area contributed by atoms with E-state index in [0.717, 1.165) is 24.7 Å². The summed E-state index contributed by atoms with van der Waals surface area (Å²) in [6, 6.07) is 0. The molecule has 0 aliphatic heterocycles. The lowest BCUT2D eigenvalue weighted by Crippen LogP contribution is -2.58. The molecule has 0 aromatic carbocycles. The Bertz CT molecular complexity index is 496. The van der Waals surface area contributed by atoms with Crippen molar-refractivity contribution >= 4 is 5.78 Å². The van der Waals surface area contributed by atoms with Gasteiger partial charge in [-0.2, -0.15) is 0 Å². The van der Waals surface area contributed by atoms with E-state index >= 15 is 0 Å². The van der Waals surface area contributed by atoms with Crippen LogP contribution in [0.5, 0.6) is 0 Å². The number of hydrogen-bond donors (Lipinski definition) is 1. The molecule has 124 valence electrons. The summed E-state index contributed by atoms with van der Waals surface area (Å²) in [4.78, 5) is 12.5. The summed E-state index contributed by atoms with van der Waals surface area (Å²) in [5.41, 5.74) is 0.726. The van der Waals surface area contributed by atoms with Gasteiger partial charge in [-0.05, 0) is 79.4 Å². The summed E-state index contributed by atoms with van der Waals surface area (Å²) in [7, 11) is 0. The fourth-order valence-corrected chi connectivity index (χ4v) is 7.83. The third kappa shape index (κ3) is 1.74. The minimum absolute atomic E-state index is 0.125. The summed E-state index contributed by atoms with van der Waals surface area (Å²) in [6.07, 6.45) is 9.72. The van der Waals surface area contributed by atoms with Crippen LogP contribution in [-0.2, 0) is 4.79 Å². The number of rotatable bonds is 1. The second-order valence-electron chi connectivity index (χ2n) is 9.85. The standard InChI is InChI=1S/C20H32O2/c1-18(2)15-6-9-20-10-13(14(11-20)12-21)4-5-16(20)19(15,3)8-7-17(18)22/h13-16,21H,4-12H2,1-3H3/t13?,14-,15-,16+,19-,20+/m1/s1. The van der Waals surface area contributed by atoms with E-state index in [0.29, 0.717) is 35.1 Å². The van der Waals surface area contributed by atoms with Gasteiger partial charge in [0.2, 0.25) is 0 Å². The maximum atomic E-state index is 12.5. The van der Waals surface area contributed by atoms with Gasteiger partial charge in [-0.15, -0.1) is 0 Å². The van der Waals surface area contributed by atoms with E-state index < -0.39 is 0 Å². The number of carbonyl (C=O) groups excluding carboxylic acids is 1. The van der Waals surface area contributed by atoms with Crippen molar-refractivity contribution in [1.82, 2.24) is 0 Å². The first-order valence-electron chi connectivity index (χ1n) is 9.48. The van der Waals surface area contributed by atoms with E-state index in [1.54, 1.807) is 0 Å². The first-order valence-corrected chi connectivity index (χ1v) is 9.48. The summed E-state index contributed by atoms with van der Waals surface area (Å²) < 4.78 is 0.